The second-order valence-corrected chi connectivity index (χ2v) is 11.5. The van der Waals surface area contributed by atoms with Gasteiger partial charge in [0.2, 0.25) is 0 Å². The molecule has 5 nitrogen and oxygen atoms in total. The molecule has 0 heterocycles. The van der Waals surface area contributed by atoms with E-state index in [0.29, 0.717) is 19.3 Å². The smallest absolute Gasteiger partial charge is 0.137 e. The van der Waals surface area contributed by atoms with E-state index in [9.17, 15) is 4.79 Å². The van der Waals surface area contributed by atoms with Gasteiger partial charge in [0.05, 0.1) is 28.4 Å². The Balaban J connectivity index is 1.80. The van der Waals surface area contributed by atoms with E-state index in [0.717, 1.165) is 46.1 Å². The molecule has 1 saturated carbocycles. The molecule has 0 N–H and O–H groups in total. The van der Waals surface area contributed by atoms with E-state index in [1.165, 1.54) is 0 Å². The third kappa shape index (κ3) is 4.81. The molecule has 5 heteroatoms. The molecular weight excluding hydrogens is 452 g/mol. The number of fused-ring (bicyclic) bond motifs is 2. The highest BCUT2D eigenvalue weighted by molar-refractivity contribution is 5.81. The van der Waals surface area contributed by atoms with Crippen molar-refractivity contribution in [2.75, 3.05) is 28.4 Å². The number of hydrogen-bond donors (Lipinski definition) is 0. The van der Waals surface area contributed by atoms with Crippen LogP contribution in [-0.4, -0.2) is 34.2 Å². The van der Waals surface area contributed by atoms with Gasteiger partial charge in [-0.25, -0.2) is 0 Å². The predicted molar refractivity (Wildman–Crippen MR) is 144 cm³/mol. The van der Waals surface area contributed by atoms with Crippen LogP contribution in [0.15, 0.2) is 47.5 Å². The molecule has 3 unspecified atom stereocenters. The van der Waals surface area contributed by atoms with E-state index >= 15 is 0 Å². The van der Waals surface area contributed by atoms with E-state index in [2.05, 4.69) is 39.8 Å². The fourth-order valence-corrected chi connectivity index (χ4v) is 6.55. The first-order valence-corrected chi connectivity index (χ1v) is 12.8. The van der Waals surface area contributed by atoms with Crippen LogP contribution in [0.1, 0.15) is 65.0 Å². The molecule has 0 aliphatic heterocycles. The lowest BCUT2D eigenvalue weighted by atomic mass is 9.56. The summed E-state index contributed by atoms with van der Waals surface area (Å²) in [4.78, 5) is 13.5. The topological polar surface area (TPSA) is 54.0 Å². The first-order chi connectivity index (χ1) is 16.9. The van der Waals surface area contributed by atoms with Gasteiger partial charge in [0.1, 0.15) is 28.8 Å². The van der Waals surface area contributed by atoms with Gasteiger partial charge in [-0.1, -0.05) is 39.3 Å². The number of ether oxygens (including phenoxy) is 4. The van der Waals surface area contributed by atoms with Crippen LogP contribution in [0.25, 0.3) is 0 Å². The summed E-state index contributed by atoms with van der Waals surface area (Å²) in [5.74, 6) is 3.90. The van der Waals surface area contributed by atoms with Crippen LogP contribution in [0, 0.1) is 29.1 Å². The number of ketones is 1. The van der Waals surface area contributed by atoms with Crippen LogP contribution in [-0.2, 0) is 20.7 Å². The Hall–Kier alpha value is -2.69. The van der Waals surface area contributed by atoms with Crippen LogP contribution in [0.5, 0.6) is 11.5 Å². The first-order valence-electron chi connectivity index (χ1n) is 12.8. The number of methoxy groups -OCH3 is 4. The molecule has 0 amide bonds. The maximum Gasteiger partial charge on any atom is 0.137 e. The number of Topliss-reactive ketones (excluding diaryl/α,β-unsaturated/α-hetero) is 1. The van der Waals surface area contributed by atoms with E-state index < -0.39 is 0 Å². The molecule has 2 aliphatic carbocycles. The Morgan fingerprint density at radius 2 is 1.72 bits per heavy atom. The number of benzene rings is 1. The maximum atomic E-state index is 13.5. The first kappa shape index (κ1) is 27.9. The Morgan fingerprint density at radius 1 is 1.03 bits per heavy atom. The predicted octanol–water partition coefficient (Wildman–Crippen LogP) is 6.98. The lowest BCUT2D eigenvalue weighted by molar-refractivity contribution is -0.122. The van der Waals surface area contributed by atoms with Crippen LogP contribution in [0.2, 0.25) is 0 Å². The zero-order chi connectivity index (χ0) is 26.9. The van der Waals surface area contributed by atoms with Gasteiger partial charge < -0.3 is 18.9 Å². The zero-order valence-electron chi connectivity index (χ0n) is 23.8. The van der Waals surface area contributed by atoms with Crippen molar-refractivity contribution in [3.8, 4) is 11.5 Å². The molecule has 0 aromatic heterocycles. The molecule has 0 spiro atoms. The Labute approximate surface area is 217 Å². The quantitative estimate of drug-likeness (QED) is 0.327. The van der Waals surface area contributed by atoms with E-state index in [-0.39, 0.29) is 27.9 Å². The van der Waals surface area contributed by atoms with Gasteiger partial charge in [-0.05, 0) is 61.3 Å². The summed E-state index contributed by atoms with van der Waals surface area (Å²) >= 11 is 0. The molecule has 3 rings (SSSR count). The summed E-state index contributed by atoms with van der Waals surface area (Å²) in [7, 11) is 6.78. The molecule has 1 aromatic rings. The van der Waals surface area contributed by atoms with Crippen molar-refractivity contribution >= 4 is 5.78 Å². The molecule has 0 saturated heterocycles. The molecule has 2 aliphatic rings. The fraction of sp³-hybridized carbons (Fsp3) is 0.581. The second kappa shape index (κ2) is 10.4. The van der Waals surface area contributed by atoms with Crippen molar-refractivity contribution in [2.45, 2.75) is 67.2 Å². The van der Waals surface area contributed by atoms with Crippen molar-refractivity contribution in [3.05, 3.63) is 58.6 Å². The number of aryl methyl sites for hydroxylation is 1. The lowest BCUT2D eigenvalue weighted by Crippen LogP contribution is -2.42. The van der Waals surface area contributed by atoms with Crippen molar-refractivity contribution in [3.63, 3.8) is 0 Å². The van der Waals surface area contributed by atoms with Crippen molar-refractivity contribution in [2.24, 2.45) is 22.2 Å². The fourth-order valence-electron chi connectivity index (χ4n) is 6.55. The normalized spacial score (nSPS) is 27.1. The number of rotatable bonds is 10. The third-order valence-corrected chi connectivity index (χ3v) is 9.15. The summed E-state index contributed by atoms with van der Waals surface area (Å²) < 4.78 is 22.6. The van der Waals surface area contributed by atoms with Gasteiger partial charge in [-0.15, -0.1) is 0 Å². The van der Waals surface area contributed by atoms with E-state index in [1.54, 1.807) is 28.4 Å². The van der Waals surface area contributed by atoms with Gasteiger partial charge >= 0.3 is 0 Å². The third-order valence-electron chi connectivity index (χ3n) is 9.15. The minimum absolute atomic E-state index is 0.0875. The highest BCUT2D eigenvalue weighted by Crippen LogP contribution is 2.70. The zero-order valence-corrected chi connectivity index (χ0v) is 23.8. The van der Waals surface area contributed by atoms with E-state index in [1.807, 2.05) is 32.1 Å². The number of hydrogen-bond acceptors (Lipinski definition) is 5. The maximum absolute atomic E-state index is 13.5. The second-order valence-electron chi connectivity index (χ2n) is 11.5. The minimum Gasteiger partial charge on any atom is -0.501 e. The molecule has 2 bridgehead atoms. The standard InChI is InChI=1S/C31H44O5/c1-20(11-12-22-15-24(33-7)14-21(2)28(22)36-10)13-23(32)17-30(5)19-26-27(35-9)16-25(34-8)18-31(30,6)29(26,3)4/h11,14-16,18,26H,12-13,17,19H2,1-10H3/b20-11+. The number of carbonyl (C=O) groups excluding carboxylic acids is 1. The average Bonchev–Trinajstić information content (AvgIpc) is 2.90. The van der Waals surface area contributed by atoms with Crippen molar-refractivity contribution in [1.82, 2.24) is 0 Å². The van der Waals surface area contributed by atoms with Crippen LogP contribution < -0.4 is 9.47 Å². The van der Waals surface area contributed by atoms with Gasteiger partial charge in [0, 0.05) is 35.8 Å². The highest BCUT2D eigenvalue weighted by Gasteiger charge is 2.64. The largest absolute Gasteiger partial charge is 0.501 e. The van der Waals surface area contributed by atoms with Gasteiger partial charge in [0.15, 0.2) is 0 Å². The summed E-state index contributed by atoms with van der Waals surface area (Å²) in [5.41, 5.74) is 2.63. The Bertz CT molecular complexity index is 1090. The lowest BCUT2D eigenvalue weighted by Gasteiger charge is -2.47. The molecule has 198 valence electrons. The number of allylic oxidation sites excluding steroid dienone is 5. The van der Waals surface area contributed by atoms with Gasteiger partial charge in [-0.2, -0.15) is 0 Å². The SMILES string of the molecule is COC1=CC2(C)C(C)(CC(=O)C/C(C)=C/Cc3cc(OC)cc(C)c3OC)CC(C(OC)=C1)C2(C)C. The summed E-state index contributed by atoms with van der Waals surface area (Å²) in [5, 5.41) is 0. The molecular formula is C31H44O5. The monoisotopic (exact) mass is 496 g/mol. The minimum atomic E-state index is -0.231. The molecule has 1 fully saturated rings. The average molecular weight is 497 g/mol. The molecule has 0 radical (unpaired) electrons. The van der Waals surface area contributed by atoms with Gasteiger partial charge in [-0.3, -0.25) is 4.79 Å². The van der Waals surface area contributed by atoms with Crippen LogP contribution >= 0.6 is 0 Å². The highest BCUT2D eigenvalue weighted by atomic mass is 16.5. The summed E-state index contributed by atoms with van der Waals surface area (Å²) in [6.45, 7) is 13.2. The molecule has 3 atom stereocenters. The van der Waals surface area contributed by atoms with Crippen molar-refractivity contribution in [1.29, 1.82) is 0 Å². The van der Waals surface area contributed by atoms with E-state index in [4.69, 9.17) is 18.9 Å². The Morgan fingerprint density at radius 3 is 2.31 bits per heavy atom. The van der Waals surface area contributed by atoms with Crippen LogP contribution in [0.3, 0.4) is 0 Å². The molecule has 36 heavy (non-hydrogen) atoms. The summed E-state index contributed by atoms with van der Waals surface area (Å²) in [6.07, 6.45) is 8.92. The van der Waals surface area contributed by atoms with Gasteiger partial charge in [0.25, 0.3) is 0 Å². The van der Waals surface area contributed by atoms with Crippen LogP contribution in [0.4, 0.5) is 0 Å². The Kier molecular flexibility index (Phi) is 8.02. The van der Waals surface area contributed by atoms with Crippen molar-refractivity contribution < 1.29 is 23.7 Å². The number of carbonyl (C=O) groups is 1. The molecule has 1 aromatic carbocycles. The summed E-state index contributed by atoms with van der Waals surface area (Å²) in [6, 6.07) is 3.97.